The summed E-state index contributed by atoms with van der Waals surface area (Å²) in [7, 11) is 0. The lowest BCUT2D eigenvalue weighted by Gasteiger charge is -2.15. The molecular weight excluding hydrogens is 218 g/mol. The van der Waals surface area contributed by atoms with Crippen molar-refractivity contribution in [2.45, 2.75) is 19.1 Å². The molecule has 1 saturated heterocycles. The van der Waals surface area contributed by atoms with Gasteiger partial charge in [0.05, 0.1) is 12.2 Å². The molecule has 1 aromatic carbocycles. The Kier molecular flexibility index (Phi) is 3.99. The first-order valence-electron chi connectivity index (χ1n) is 5.93. The second-order valence-electron chi connectivity index (χ2n) is 4.56. The maximum Gasteiger partial charge on any atom is 0.119 e. The third kappa shape index (κ3) is 3.43. The van der Waals surface area contributed by atoms with E-state index in [1.165, 1.54) is 5.56 Å². The number of hydrogen-bond donors (Lipinski definition) is 2. The number of aliphatic hydroxyl groups excluding tert-OH is 2. The molecule has 4 heteroatoms. The number of β-amino-alcohol motifs (C(OH)–C–C–N with tert-alkyl or cyclic N) is 2. The van der Waals surface area contributed by atoms with E-state index in [0.29, 0.717) is 19.7 Å². The zero-order valence-electron chi connectivity index (χ0n) is 10.0. The molecule has 0 saturated carbocycles. The number of likely N-dealkylation sites (tertiary alicyclic amines) is 1. The highest BCUT2D eigenvalue weighted by Gasteiger charge is 2.28. The fraction of sp³-hybridized carbons (Fsp3) is 0.538. The summed E-state index contributed by atoms with van der Waals surface area (Å²) in [5.41, 5.74) is 1.21. The van der Waals surface area contributed by atoms with E-state index < -0.39 is 12.2 Å². The summed E-state index contributed by atoms with van der Waals surface area (Å²) < 4.78 is 5.59. The molecule has 2 atom stereocenters. The predicted molar refractivity (Wildman–Crippen MR) is 65.1 cm³/mol. The Morgan fingerprint density at radius 1 is 1.18 bits per heavy atom. The van der Waals surface area contributed by atoms with Gasteiger partial charge in [-0.3, -0.25) is 4.90 Å². The Bertz CT molecular complexity index is 342. The van der Waals surface area contributed by atoms with Gasteiger partial charge in [-0.25, -0.2) is 0 Å². The van der Waals surface area contributed by atoms with Crippen LogP contribution >= 0.6 is 0 Å². The molecule has 1 heterocycles. The van der Waals surface area contributed by atoms with Crippen molar-refractivity contribution in [3.63, 3.8) is 0 Å². The first kappa shape index (κ1) is 12.4. The third-order valence-corrected chi connectivity index (χ3v) is 3.03. The Balaban J connectivity index is 1.71. The minimum atomic E-state index is -0.616. The van der Waals surface area contributed by atoms with Crippen LogP contribution in [0.5, 0.6) is 5.75 Å². The van der Waals surface area contributed by atoms with Gasteiger partial charge in [-0.1, -0.05) is 17.7 Å². The fourth-order valence-electron chi connectivity index (χ4n) is 1.96. The summed E-state index contributed by atoms with van der Waals surface area (Å²) >= 11 is 0. The Labute approximate surface area is 101 Å². The van der Waals surface area contributed by atoms with E-state index >= 15 is 0 Å². The minimum Gasteiger partial charge on any atom is -0.492 e. The number of rotatable bonds is 4. The van der Waals surface area contributed by atoms with Crippen LogP contribution in [0.2, 0.25) is 0 Å². The molecule has 1 aromatic rings. The molecule has 0 bridgehead atoms. The number of benzene rings is 1. The molecular formula is C13H19NO3. The van der Waals surface area contributed by atoms with Crippen LogP contribution in [0.4, 0.5) is 0 Å². The highest BCUT2D eigenvalue weighted by Crippen LogP contribution is 2.12. The largest absolute Gasteiger partial charge is 0.492 e. The number of ether oxygens (including phenoxy) is 1. The second-order valence-corrected chi connectivity index (χ2v) is 4.56. The molecule has 0 spiro atoms. The van der Waals surface area contributed by atoms with Gasteiger partial charge in [-0.15, -0.1) is 0 Å². The van der Waals surface area contributed by atoms with Crippen molar-refractivity contribution in [1.29, 1.82) is 0 Å². The molecule has 0 amide bonds. The van der Waals surface area contributed by atoms with Gasteiger partial charge in [0.2, 0.25) is 0 Å². The maximum absolute atomic E-state index is 9.38. The summed E-state index contributed by atoms with van der Waals surface area (Å²) in [5, 5.41) is 18.8. The number of hydrogen-bond acceptors (Lipinski definition) is 4. The second kappa shape index (κ2) is 5.49. The van der Waals surface area contributed by atoms with Crippen LogP contribution in [0, 0.1) is 6.92 Å². The highest BCUT2D eigenvalue weighted by molar-refractivity contribution is 5.26. The summed E-state index contributed by atoms with van der Waals surface area (Å²) in [6.45, 7) is 4.39. The van der Waals surface area contributed by atoms with E-state index in [2.05, 4.69) is 0 Å². The topological polar surface area (TPSA) is 52.9 Å². The van der Waals surface area contributed by atoms with Crippen LogP contribution in [0.3, 0.4) is 0 Å². The van der Waals surface area contributed by atoms with Crippen LogP contribution in [-0.2, 0) is 0 Å². The summed E-state index contributed by atoms with van der Waals surface area (Å²) in [5.74, 6) is 0.857. The average molecular weight is 237 g/mol. The molecule has 17 heavy (non-hydrogen) atoms. The fourth-order valence-corrected chi connectivity index (χ4v) is 1.96. The average Bonchev–Trinajstić information content (AvgIpc) is 2.61. The third-order valence-electron chi connectivity index (χ3n) is 3.03. The standard InChI is InChI=1S/C13H19NO3/c1-10-2-4-11(5-3-10)17-7-6-14-8-12(15)13(16)9-14/h2-5,12-13,15-16H,6-9H2,1H3. The van der Waals surface area contributed by atoms with Crippen molar-refractivity contribution < 1.29 is 14.9 Å². The van der Waals surface area contributed by atoms with Gasteiger partial charge in [-0.2, -0.15) is 0 Å². The minimum absolute atomic E-state index is 0.526. The van der Waals surface area contributed by atoms with E-state index in [4.69, 9.17) is 4.74 Å². The van der Waals surface area contributed by atoms with Gasteiger partial charge < -0.3 is 14.9 Å². The number of nitrogens with zero attached hydrogens (tertiary/aromatic N) is 1. The molecule has 94 valence electrons. The Morgan fingerprint density at radius 3 is 2.35 bits per heavy atom. The zero-order chi connectivity index (χ0) is 12.3. The van der Waals surface area contributed by atoms with E-state index in [9.17, 15) is 10.2 Å². The lowest BCUT2D eigenvalue weighted by molar-refractivity contribution is 0.0572. The van der Waals surface area contributed by atoms with Gasteiger partial charge in [0.15, 0.2) is 0 Å². The molecule has 2 rings (SSSR count). The first-order valence-corrected chi connectivity index (χ1v) is 5.93. The molecule has 1 aliphatic rings. The van der Waals surface area contributed by atoms with Crippen LogP contribution in [0.25, 0.3) is 0 Å². The summed E-state index contributed by atoms with van der Waals surface area (Å²) in [6.07, 6.45) is -1.23. The summed E-state index contributed by atoms with van der Waals surface area (Å²) in [4.78, 5) is 2.00. The van der Waals surface area contributed by atoms with Gasteiger partial charge >= 0.3 is 0 Å². The van der Waals surface area contributed by atoms with Gasteiger partial charge in [-0.05, 0) is 19.1 Å². The van der Waals surface area contributed by atoms with Crippen molar-refractivity contribution in [3.05, 3.63) is 29.8 Å². The van der Waals surface area contributed by atoms with E-state index in [1.807, 2.05) is 36.1 Å². The lowest BCUT2D eigenvalue weighted by atomic mass is 10.2. The number of aryl methyl sites for hydroxylation is 1. The van der Waals surface area contributed by atoms with Crippen molar-refractivity contribution in [3.8, 4) is 5.75 Å². The van der Waals surface area contributed by atoms with Gasteiger partial charge in [0, 0.05) is 19.6 Å². The van der Waals surface area contributed by atoms with Crippen LogP contribution in [-0.4, -0.2) is 53.6 Å². The first-order chi connectivity index (χ1) is 8.15. The normalized spacial score (nSPS) is 25.1. The quantitative estimate of drug-likeness (QED) is 0.796. The molecule has 1 aliphatic heterocycles. The molecule has 4 nitrogen and oxygen atoms in total. The van der Waals surface area contributed by atoms with Crippen molar-refractivity contribution in [2.75, 3.05) is 26.2 Å². The monoisotopic (exact) mass is 237 g/mol. The van der Waals surface area contributed by atoms with Crippen LogP contribution < -0.4 is 4.74 Å². The molecule has 1 fully saturated rings. The predicted octanol–water partition coefficient (Wildman–Crippen LogP) is 0.411. The molecule has 0 aliphatic carbocycles. The van der Waals surface area contributed by atoms with Crippen molar-refractivity contribution >= 4 is 0 Å². The van der Waals surface area contributed by atoms with E-state index in [-0.39, 0.29) is 0 Å². The molecule has 2 N–H and O–H groups in total. The van der Waals surface area contributed by atoms with Gasteiger partial charge in [0.1, 0.15) is 12.4 Å². The zero-order valence-corrected chi connectivity index (χ0v) is 10.0. The number of aliphatic hydroxyl groups is 2. The Hall–Kier alpha value is -1.10. The van der Waals surface area contributed by atoms with E-state index in [0.717, 1.165) is 12.3 Å². The maximum atomic E-state index is 9.38. The van der Waals surface area contributed by atoms with Crippen LogP contribution in [0.1, 0.15) is 5.56 Å². The summed E-state index contributed by atoms with van der Waals surface area (Å²) in [6, 6.07) is 7.92. The smallest absolute Gasteiger partial charge is 0.119 e. The lowest BCUT2D eigenvalue weighted by Crippen LogP contribution is -2.27. The van der Waals surface area contributed by atoms with Crippen molar-refractivity contribution in [2.24, 2.45) is 0 Å². The van der Waals surface area contributed by atoms with Gasteiger partial charge in [0.25, 0.3) is 0 Å². The molecule has 2 unspecified atom stereocenters. The van der Waals surface area contributed by atoms with Crippen LogP contribution in [0.15, 0.2) is 24.3 Å². The molecule has 0 aromatic heterocycles. The SMILES string of the molecule is Cc1ccc(OCCN2CC(O)C(O)C2)cc1. The highest BCUT2D eigenvalue weighted by atomic mass is 16.5. The Morgan fingerprint density at radius 2 is 1.76 bits per heavy atom. The van der Waals surface area contributed by atoms with E-state index in [1.54, 1.807) is 0 Å². The molecule has 0 radical (unpaired) electrons. The van der Waals surface area contributed by atoms with Crippen molar-refractivity contribution in [1.82, 2.24) is 4.90 Å².